The second-order valence-electron chi connectivity index (χ2n) is 6.57. The summed E-state index contributed by atoms with van der Waals surface area (Å²) in [5.41, 5.74) is 6.67. The van der Waals surface area contributed by atoms with Crippen LogP contribution in [0.3, 0.4) is 0 Å². The average molecular weight is 453 g/mol. The van der Waals surface area contributed by atoms with Gasteiger partial charge < -0.3 is 20.3 Å². The van der Waals surface area contributed by atoms with Crippen molar-refractivity contribution in [3.8, 4) is 0 Å². The summed E-state index contributed by atoms with van der Waals surface area (Å²) < 4.78 is 5.08. The summed E-state index contributed by atoms with van der Waals surface area (Å²) in [4.78, 5) is 38.5. The number of hydrogen-bond acceptors (Lipinski definition) is 7. The number of ether oxygens (including phenoxy) is 1. The van der Waals surface area contributed by atoms with E-state index in [0.29, 0.717) is 26.2 Å². The number of nitrogens with zero attached hydrogens (tertiary/aromatic N) is 3. The van der Waals surface area contributed by atoms with Crippen LogP contribution in [0.1, 0.15) is 10.4 Å². The van der Waals surface area contributed by atoms with E-state index in [4.69, 9.17) is 33.7 Å². The topological polar surface area (TPSA) is 119 Å². The fourth-order valence-corrected chi connectivity index (χ4v) is 3.54. The largest absolute Gasteiger partial charge is 0.452 e. The van der Waals surface area contributed by atoms with Gasteiger partial charge in [0.2, 0.25) is 0 Å². The molecule has 0 spiro atoms. The predicted octanol–water partition coefficient (Wildman–Crippen LogP) is 2.99. The zero-order valence-corrected chi connectivity index (χ0v) is 17.2. The van der Waals surface area contributed by atoms with Crippen molar-refractivity contribution in [3.63, 3.8) is 0 Å². The molecule has 0 atom stereocenters. The van der Waals surface area contributed by atoms with Crippen LogP contribution in [0, 0.1) is 10.1 Å². The molecule has 2 aromatic rings. The van der Waals surface area contributed by atoms with Gasteiger partial charge in [0.15, 0.2) is 6.61 Å². The SMILES string of the molecule is Nc1c(Cl)cc(Cl)cc1C(=O)OCC(=O)N1CCN(c2ccc([N+](=O)[O-])cc2)CC1. The molecule has 0 radical (unpaired) electrons. The van der Waals surface area contributed by atoms with Crippen molar-refractivity contribution in [2.75, 3.05) is 43.4 Å². The lowest BCUT2D eigenvalue weighted by Crippen LogP contribution is -2.49. The number of nitrogen functional groups attached to an aromatic ring is 1. The van der Waals surface area contributed by atoms with Crippen LogP contribution in [0.5, 0.6) is 0 Å². The quantitative estimate of drug-likeness (QED) is 0.320. The minimum Gasteiger partial charge on any atom is -0.452 e. The smallest absolute Gasteiger partial charge is 0.340 e. The van der Waals surface area contributed by atoms with E-state index in [9.17, 15) is 19.7 Å². The lowest BCUT2D eigenvalue weighted by molar-refractivity contribution is -0.384. The van der Waals surface area contributed by atoms with Gasteiger partial charge in [-0.1, -0.05) is 23.2 Å². The molecule has 11 heteroatoms. The third kappa shape index (κ3) is 4.92. The fourth-order valence-electron chi connectivity index (χ4n) is 3.05. The van der Waals surface area contributed by atoms with Crippen molar-refractivity contribution in [2.24, 2.45) is 0 Å². The van der Waals surface area contributed by atoms with Crippen LogP contribution < -0.4 is 10.6 Å². The van der Waals surface area contributed by atoms with Crippen LogP contribution in [0.2, 0.25) is 10.0 Å². The Morgan fingerprint density at radius 2 is 1.73 bits per heavy atom. The molecule has 1 saturated heterocycles. The minimum absolute atomic E-state index is 0.00305. The van der Waals surface area contributed by atoms with Gasteiger partial charge in [-0.3, -0.25) is 14.9 Å². The summed E-state index contributed by atoms with van der Waals surface area (Å²) in [5.74, 6) is -1.12. The number of non-ortho nitro benzene ring substituents is 1. The molecule has 9 nitrogen and oxygen atoms in total. The van der Waals surface area contributed by atoms with Gasteiger partial charge in [-0.15, -0.1) is 0 Å². The molecule has 1 amide bonds. The van der Waals surface area contributed by atoms with E-state index < -0.39 is 17.5 Å². The van der Waals surface area contributed by atoms with E-state index in [0.717, 1.165) is 5.69 Å². The summed E-state index contributed by atoms with van der Waals surface area (Å²) in [7, 11) is 0. The zero-order valence-electron chi connectivity index (χ0n) is 15.7. The van der Waals surface area contributed by atoms with Gasteiger partial charge in [-0.25, -0.2) is 4.79 Å². The van der Waals surface area contributed by atoms with Crippen LogP contribution in [0.25, 0.3) is 0 Å². The summed E-state index contributed by atoms with van der Waals surface area (Å²) >= 11 is 11.8. The van der Waals surface area contributed by atoms with Crippen LogP contribution in [0.15, 0.2) is 36.4 Å². The van der Waals surface area contributed by atoms with E-state index in [2.05, 4.69) is 0 Å². The number of carbonyl (C=O) groups is 2. The van der Waals surface area contributed by atoms with Crippen molar-refractivity contribution in [3.05, 3.63) is 62.1 Å². The number of anilines is 2. The number of piperazine rings is 1. The molecule has 0 bridgehead atoms. The molecule has 0 aromatic heterocycles. The number of carbonyl (C=O) groups excluding carboxylic acids is 2. The van der Waals surface area contributed by atoms with Gasteiger partial charge >= 0.3 is 5.97 Å². The molecule has 0 aliphatic carbocycles. The number of hydrogen-bond donors (Lipinski definition) is 1. The molecule has 0 unspecified atom stereocenters. The average Bonchev–Trinajstić information content (AvgIpc) is 2.74. The van der Waals surface area contributed by atoms with Crippen molar-refractivity contribution in [1.82, 2.24) is 4.90 Å². The van der Waals surface area contributed by atoms with E-state index in [1.54, 1.807) is 17.0 Å². The van der Waals surface area contributed by atoms with Crippen LogP contribution in [-0.4, -0.2) is 54.5 Å². The van der Waals surface area contributed by atoms with Gasteiger partial charge in [0.25, 0.3) is 11.6 Å². The summed E-state index contributed by atoms with van der Waals surface area (Å²) in [6, 6.07) is 8.99. The van der Waals surface area contributed by atoms with E-state index >= 15 is 0 Å². The van der Waals surface area contributed by atoms with Gasteiger partial charge in [-0.05, 0) is 24.3 Å². The Balaban J connectivity index is 1.52. The molecular weight excluding hydrogens is 435 g/mol. The highest BCUT2D eigenvalue weighted by Crippen LogP contribution is 2.28. The Labute approximate surface area is 182 Å². The second-order valence-corrected chi connectivity index (χ2v) is 7.41. The van der Waals surface area contributed by atoms with Gasteiger partial charge in [0.1, 0.15) is 0 Å². The normalized spacial score (nSPS) is 13.8. The number of amides is 1. The summed E-state index contributed by atoms with van der Waals surface area (Å²) in [6.07, 6.45) is 0. The number of nitro groups is 1. The van der Waals surface area contributed by atoms with E-state index in [1.165, 1.54) is 24.3 Å². The monoisotopic (exact) mass is 452 g/mol. The van der Waals surface area contributed by atoms with Gasteiger partial charge in [-0.2, -0.15) is 0 Å². The fraction of sp³-hybridized carbons (Fsp3) is 0.263. The van der Waals surface area contributed by atoms with E-state index in [-0.39, 0.29) is 32.9 Å². The molecule has 158 valence electrons. The lowest BCUT2D eigenvalue weighted by Gasteiger charge is -2.36. The molecule has 2 N–H and O–H groups in total. The first-order valence-corrected chi connectivity index (χ1v) is 9.70. The zero-order chi connectivity index (χ0) is 21.8. The highest BCUT2D eigenvalue weighted by molar-refractivity contribution is 6.37. The molecule has 1 aliphatic rings. The Bertz CT molecular complexity index is 976. The third-order valence-corrected chi connectivity index (χ3v) is 5.23. The molecule has 1 heterocycles. The number of halogens is 2. The van der Waals surface area contributed by atoms with Crippen molar-refractivity contribution < 1.29 is 19.2 Å². The predicted molar refractivity (Wildman–Crippen MR) is 113 cm³/mol. The Hall–Kier alpha value is -3.04. The first-order valence-electron chi connectivity index (χ1n) is 8.95. The summed E-state index contributed by atoms with van der Waals surface area (Å²) in [5, 5.41) is 11.1. The number of benzene rings is 2. The standard InChI is InChI=1S/C19H18Cl2N4O5/c20-12-9-15(18(22)16(21)10-12)19(27)30-11-17(26)24-7-5-23(6-8-24)13-1-3-14(4-2-13)25(28)29/h1-4,9-10H,5-8,11,22H2. The molecule has 30 heavy (non-hydrogen) atoms. The number of nitrogens with two attached hydrogens (primary N) is 1. The molecule has 1 aliphatic heterocycles. The molecule has 0 saturated carbocycles. The van der Waals surface area contributed by atoms with Crippen molar-refractivity contribution in [1.29, 1.82) is 0 Å². The highest BCUT2D eigenvalue weighted by atomic mass is 35.5. The van der Waals surface area contributed by atoms with Crippen molar-refractivity contribution in [2.45, 2.75) is 0 Å². The highest BCUT2D eigenvalue weighted by Gasteiger charge is 2.23. The molecule has 3 rings (SSSR count). The number of nitro benzene ring substituents is 1. The Morgan fingerprint density at radius 3 is 2.33 bits per heavy atom. The van der Waals surface area contributed by atoms with E-state index in [1.807, 2.05) is 4.90 Å². The second kappa shape index (κ2) is 9.19. The van der Waals surface area contributed by atoms with Gasteiger partial charge in [0, 0.05) is 49.0 Å². The number of esters is 1. The first-order chi connectivity index (χ1) is 14.3. The third-order valence-electron chi connectivity index (χ3n) is 4.70. The maximum atomic E-state index is 12.4. The van der Waals surface area contributed by atoms with Crippen LogP contribution >= 0.6 is 23.2 Å². The number of rotatable bonds is 5. The molecule has 2 aromatic carbocycles. The van der Waals surface area contributed by atoms with Gasteiger partial charge in [0.05, 0.1) is 21.2 Å². The Kier molecular flexibility index (Phi) is 6.63. The minimum atomic E-state index is -0.783. The maximum Gasteiger partial charge on any atom is 0.340 e. The first kappa shape index (κ1) is 21.7. The van der Waals surface area contributed by atoms with Crippen LogP contribution in [0.4, 0.5) is 17.1 Å². The lowest BCUT2D eigenvalue weighted by atomic mass is 10.2. The molecular formula is C19H18Cl2N4O5. The van der Waals surface area contributed by atoms with Crippen LogP contribution in [-0.2, 0) is 9.53 Å². The Morgan fingerprint density at radius 1 is 1.10 bits per heavy atom. The van der Waals surface area contributed by atoms with Crippen molar-refractivity contribution >= 4 is 52.1 Å². The molecule has 1 fully saturated rings. The summed E-state index contributed by atoms with van der Waals surface area (Å²) in [6.45, 7) is 1.53. The maximum absolute atomic E-state index is 12.4.